The molecule has 4 saturated carbocycles. The smallest absolute Gasteiger partial charge is 0.0880 e. The van der Waals surface area contributed by atoms with Crippen molar-refractivity contribution in [3.05, 3.63) is 0 Å². The van der Waals surface area contributed by atoms with Crippen LogP contribution in [-0.2, 0) is 0 Å². The Bertz CT molecular complexity index is 552. The average molecular weight is 317 g/mol. The maximum absolute atomic E-state index is 12.0. The summed E-state index contributed by atoms with van der Waals surface area (Å²) in [6.45, 7) is 2.39. The molecule has 7 fully saturated rings. The van der Waals surface area contributed by atoms with Gasteiger partial charge in [0.05, 0.1) is 17.2 Å². The summed E-state index contributed by atoms with van der Waals surface area (Å²) >= 11 is 0. The van der Waals surface area contributed by atoms with Crippen LogP contribution in [0.2, 0.25) is 0 Å². The maximum Gasteiger partial charge on any atom is 0.0880 e. The Morgan fingerprint density at radius 2 is 1.78 bits per heavy atom. The van der Waals surface area contributed by atoms with Crippen LogP contribution in [0.3, 0.4) is 0 Å². The second-order valence-electron chi connectivity index (χ2n) is 9.97. The minimum atomic E-state index is -0.487. The fraction of sp³-hybridized carbons (Fsp3) is 1.00. The third kappa shape index (κ3) is 1.32. The zero-order valence-electron chi connectivity index (χ0n) is 14.3. The molecule has 1 spiro atoms. The molecule has 3 nitrogen and oxygen atoms in total. The summed E-state index contributed by atoms with van der Waals surface area (Å²) in [5.74, 6) is 3.10. The molecule has 0 aromatic rings. The van der Waals surface area contributed by atoms with E-state index in [1.54, 1.807) is 0 Å². The zero-order chi connectivity index (χ0) is 15.6. The van der Waals surface area contributed by atoms with Crippen molar-refractivity contribution in [2.24, 2.45) is 29.6 Å². The van der Waals surface area contributed by atoms with Gasteiger partial charge in [-0.1, -0.05) is 12.8 Å². The first kappa shape index (κ1) is 14.1. The molecule has 0 amide bonds. The Morgan fingerprint density at radius 1 is 1.00 bits per heavy atom. The van der Waals surface area contributed by atoms with Crippen LogP contribution in [0.25, 0.3) is 0 Å². The van der Waals surface area contributed by atoms with Gasteiger partial charge in [-0.25, -0.2) is 0 Å². The van der Waals surface area contributed by atoms with Crippen LogP contribution in [0.15, 0.2) is 0 Å². The Labute approximate surface area is 139 Å². The van der Waals surface area contributed by atoms with Crippen molar-refractivity contribution >= 4 is 0 Å². The minimum absolute atomic E-state index is 0.0703. The first-order valence-corrected chi connectivity index (χ1v) is 10.3. The number of hydrogen-bond acceptors (Lipinski definition) is 3. The summed E-state index contributed by atoms with van der Waals surface area (Å²) < 4.78 is 0. The largest absolute Gasteiger partial charge is 0.393 e. The lowest BCUT2D eigenvalue weighted by molar-refractivity contribution is -0.171. The molecule has 7 aliphatic rings. The number of nitrogens with zero attached hydrogens (tertiary/aromatic N) is 1. The maximum atomic E-state index is 12.0. The summed E-state index contributed by atoms with van der Waals surface area (Å²) in [6.07, 6.45) is 10.7. The van der Waals surface area contributed by atoms with Gasteiger partial charge < -0.3 is 10.2 Å². The van der Waals surface area contributed by atoms with E-state index in [2.05, 4.69) is 11.8 Å². The third-order valence-corrected chi connectivity index (χ3v) is 9.54. The lowest BCUT2D eigenvalue weighted by atomic mass is 9.54. The van der Waals surface area contributed by atoms with Gasteiger partial charge in [-0.3, -0.25) is 4.90 Å². The van der Waals surface area contributed by atoms with E-state index < -0.39 is 5.60 Å². The van der Waals surface area contributed by atoms with E-state index in [1.807, 2.05) is 0 Å². The highest BCUT2D eigenvalue weighted by Crippen LogP contribution is 2.75. The van der Waals surface area contributed by atoms with Gasteiger partial charge in [0, 0.05) is 18.0 Å². The molecular weight excluding hydrogens is 286 g/mol. The second-order valence-corrected chi connectivity index (χ2v) is 9.97. The zero-order valence-corrected chi connectivity index (χ0v) is 14.3. The monoisotopic (exact) mass is 317 g/mol. The van der Waals surface area contributed by atoms with Crippen LogP contribution in [0, 0.1) is 29.6 Å². The van der Waals surface area contributed by atoms with E-state index in [-0.39, 0.29) is 11.6 Å². The van der Waals surface area contributed by atoms with Crippen LogP contribution < -0.4 is 0 Å². The normalized spacial score (nSPS) is 68.7. The minimum Gasteiger partial charge on any atom is -0.393 e. The van der Waals surface area contributed by atoms with Gasteiger partial charge in [0.2, 0.25) is 0 Å². The quantitative estimate of drug-likeness (QED) is 0.722. The van der Waals surface area contributed by atoms with Gasteiger partial charge in [-0.2, -0.15) is 0 Å². The summed E-state index contributed by atoms with van der Waals surface area (Å²) in [6, 6.07) is 1.21. The van der Waals surface area contributed by atoms with Gasteiger partial charge in [0.15, 0.2) is 0 Å². The SMILES string of the molecule is C[C@@H]1CC[C@H]2C3C[C@@H]4C[C@@]2(O)[C@]2(C[C@H](O)[C@H]5CCCC[C@@H]5[C@@H]42)N31. The molecule has 2 unspecified atom stereocenters. The van der Waals surface area contributed by atoms with Crippen molar-refractivity contribution in [3.63, 3.8) is 0 Å². The Kier molecular flexibility index (Phi) is 2.55. The molecule has 3 heteroatoms. The molecule has 128 valence electrons. The van der Waals surface area contributed by atoms with Gasteiger partial charge in [-0.05, 0) is 75.5 Å². The lowest BCUT2D eigenvalue weighted by Gasteiger charge is -2.61. The molecule has 4 aliphatic carbocycles. The van der Waals surface area contributed by atoms with Crippen LogP contribution in [0.1, 0.15) is 64.7 Å². The molecule has 11 atom stereocenters. The van der Waals surface area contributed by atoms with Gasteiger partial charge in [-0.15, -0.1) is 0 Å². The molecule has 23 heavy (non-hydrogen) atoms. The standard InChI is InChI=1S/C20H31NO2/c1-11-6-7-15-16-8-12-9-20(15,23)19(21(11)16)10-17(22)13-4-2-3-5-14(13)18(12)19/h11-18,22-23H,2-10H2,1H3/t11-,12-,13+,14+,15+,16?,17+,18-,19-,20+/m1/s1. The first-order valence-electron chi connectivity index (χ1n) is 10.3. The molecular formula is C20H31NO2. The fourth-order valence-electron chi connectivity index (χ4n) is 9.29. The number of fused-ring (bicyclic) bond motifs is 1. The molecule has 0 aromatic heterocycles. The highest BCUT2D eigenvalue weighted by molar-refractivity contribution is 5.34. The summed E-state index contributed by atoms with van der Waals surface area (Å²) in [4.78, 5) is 2.78. The molecule has 7 rings (SSSR count). The van der Waals surface area contributed by atoms with E-state index >= 15 is 0 Å². The van der Waals surface area contributed by atoms with Crippen LogP contribution in [-0.4, -0.2) is 44.4 Å². The van der Waals surface area contributed by atoms with Crippen molar-refractivity contribution in [1.29, 1.82) is 0 Å². The van der Waals surface area contributed by atoms with Crippen LogP contribution in [0.4, 0.5) is 0 Å². The molecule has 0 radical (unpaired) electrons. The average Bonchev–Trinajstić information content (AvgIpc) is 2.75. The third-order valence-electron chi connectivity index (χ3n) is 9.54. The van der Waals surface area contributed by atoms with Crippen molar-refractivity contribution in [2.75, 3.05) is 0 Å². The Hall–Kier alpha value is -0.120. The highest BCUT2D eigenvalue weighted by Gasteiger charge is 2.82. The van der Waals surface area contributed by atoms with Crippen molar-refractivity contribution in [2.45, 2.75) is 94.0 Å². The van der Waals surface area contributed by atoms with Crippen LogP contribution >= 0.6 is 0 Å². The summed E-state index contributed by atoms with van der Waals surface area (Å²) in [5.41, 5.74) is -0.557. The highest BCUT2D eigenvalue weighted by atomic mass is 16.3. The second kappa shape index (κ2) is 4.16. The van der Waals surface area contributed by atoms with E-state index in [4.69, 9.17) is 0 Å². The number of rotatable bonds is 0. The molecule has 6 bridgehead atoms. The van der Waals surface area contributed by atoms with Crippen molar-refractivity contribution in [1.82, 2.24) is 4.90 Å². The molecule has 3 saturated heterocycles. The molecule has 3 heterocycles. The van der Waals surface area contributed by atoms with E-state index in [0.29, 0.717) is 35.8 Å². The Morgan fingerprint density at radius 3 is 2.61 bits per heavy atom. The number of aliphatic hydroxyl groups excluding tert-OH is 1. The van der Waals surface area contributed by atoms with Crippen LogP contribution in [0.5, 0.6) is 0 Å². The van der Waals surface area contributed by atoms with Gasteiger partial charge in [0.25, 0.3) is 0 Å². The molecule has 0 aromatic carbocycles. The fourth-order valence-corrected chi connectivity index (χ4v) is 9.29. The van der Waals surface area contributed by atoms with E-state index in [9.17, 15) is 10.2 Å². The molecule has 3 aliphatic heterocycles. The van der Waals surface area contributed by atoms with Gasteiger partial charge in [0.1, 0.15) is 0 Å². The van der Waals surface area contributed by atoms with Crippen molar-refractivity contribution in [3.8, 4) is 0 Å². The summed E-state index contributed by atoms with van der Waals surface area (Å²) in [5, 5.41) is 23.0. The topological polar surface area (TPSA) is 43.7 Å². The first-order chi connectivity index (χ1) is 11.1. The summed E-state index contributed by atoms with van der Waals surface area (Å²) in [7, 11) is 0. The number of hydrogen-bond donors (Lipinski definition) is 2. The van der Waals surface area contributed by atoms with Gasteiger partial charge >= 0.3 is 0 Å². The lowest BCUT2D eigenvalue weighted by Crippen LogP contribution is -2.69. The van der Waals surface area contributed by atoms with E-state index in [0.717, 1.165) is 18.8 Å². The number of piperidine rings is 2. The predicted molar refractivity (Wildman–Crippen MR) is 87.8 cm³/mol. The predicted octanol–water partition coefficient (Wildman–Crippen LogP) is 2.55. The van der Waals surface area contributed by atoms with Crippen molar-refractivity contribution < 1.29 is 10.2 Å². The molecule has 2 N–H and O–H groups in total. The van der Waals surface area contributed by atoms with E-state index in [1.165, 1.54) is 44.9 Å². The Balaban J connectivity index is 1.54. The number of aliphatic hydroxyl groups is 2.